The number of sulfonamides is 1. The number of amides is 1. The Kier molecular flexibility index (Phi) is 10.4. The third-order valence-corrected chi connectivity index (χ3v) is 6.37. The van der Waals surface area contributed by atoms with E-state index in [-0.39, 0.29) is 41.3 Å². The van der Waals surface area contributed by atoms with Gasteiger partial charge < -0.3 is 15.5 Å². The zero-order valence-electron chi connectivity index (χ0n) is 17.8. The Labute approximate surface area is 201 Å². The average molecular weight is 565 g/mol. The molecule has 2 heterocycles. The predicted molar refractivity (Wildman–Crippen MR) is 130 cm³/mol. The molecule has 31 heavy (non-hydrogen) atoms. The summed E-state index contributed by atoms with van der Waals surface area (Å²) in [6, 6.07) is 3.49. The van der Waals surface area contributed by atoms with Gasteiger partial charge in [-0.25, -0.2) is 13.1 Å². The van der Waals surface area contributed by atoms with Crippen LogP contribution >= 0.6 is 24.0 Å². The second-order valence-corrected chi connectivity index (χ2v) is 9.19. The molecule has 12 heteroatoms. The molecule has 0 bridgehead atoms. The fourth-order valence-corrected chi connectivity index (χ4v) is 4.16. The van der Waals surface area contributed by atoms with Crippen LogP contribution in [0.25, 0.3) is 0 Å². The zero-order valence-corrected chi connectivity index (χ0v) is 20.9. The molecule has 3 rings (SSSR count). The average Bonchev–Trinajstić information content (AvgIpc) is 3.55. The van der Waals surface area contributed by atoms with Gasteiger partial charge in [0.05, 0.1) is 13.1 Å². The van der Waals surface area contributed by atoms with Crippen molar-refractivity contribution in [2.45, 2.75) is 30.7 Å². The fraction of sp³-hybridized carbons (Fsp3) is 0.632. The van der Waals surface area contributed by atoms with E-state index in [1.807, 2.05) is 6.92 Å². The highest BCUT2D eigenvalue weighted by molar-refractivity contribution is 14.0. The van der Waals surface area contributed by atoms with E-state index < -0.39 is 10.0 Å². The van der Waals surface area contributed by atoms with Crippen molar-refractivity contribution < 1.29 is 13.2 Å². The number of guanidine groups is 1. The zero-order chi connectivity index (χ0) is 21.4. The van der Waals surface area contributed by atoms with E-state index in [1.54, 1.807) is 6.07 Å². The summed E-state index contributed by atoms with van der Waals surface area (Å²) < 4.78 is 27.0. The minimum absolute atomic E-state index is 0. The first-order valence-electron chi connectivity index (χ1n) is 10.4. The van der Waals surface area contributed by atoms with E-state index in [0.29, 0.717) is 19.1 Å². The minimum Gasteiger partial charge on any atom is -0.357 e. The molecule has 0 aromatic carbocycles. The monoisotopic (exact) mass is 565 g/mol. The van der Waals surface area contributed by atoms with Crippen LogP contribution in [0.5, 0.6) is 0 Å². The van der Waals surface area contributed by atoms with Gasteiger partial charge >= 0.3 is 0 Å². The van der Waals surface area contributed by atoms with E-state index in [2.05, 4.69) is 35.1 Å². The number of hydrogen-bond donors (Lipinski definition) is 3. The smallest absolute Gasteiger partial charge is 0.242 e. The fourth-order valence-electron chi connectivity index (χ4n) is 3.18. The normalized spacial score (nSPS) is 17.7. The van der Waals surface area contributed by atoms with Crippen molar-refractivity contribution in [1.29, 1.82) is 0 Å². The lowest BCUT2D eigenvalue weighted by Gasteiger charge is -2.36. The molecule has 0 radical (unpaired) electrons. The molecular formula is C19H32IN7O3S. The Morgan fingerprint density at radius 2 is 2.00 bits per heavy atom. The lowest BCUT2D eigenvalue weighted by molar-refractivity contribution is -0.122. The van der Waals surface area contributed by atoms with Crippen molar-refractivity contribution in [3.8, 4) is 0 Å². The minimum atomic E-state index is -3.58. The summed E-state index contributed by atoms with van der Waals surface area (Å²) in [5, 5.41) is 6.29. The Morgan fingerprint density at radius 3 is 2.61 bits per heavy atom. The first-order valence-corrected chi connectivity index (χ1v) is 11.9. The molecule has 1 aliphatic heterocycles. The van der Waals surface area contributed by atoms with Gasteiger partial charge in [0.1, 0.15) is 4.90 Å². The third kappa shape index (κ3) is 8.50. The number of aliphatic imine (C=N–C) groups is 1. The molecule has 2 aliphatic rings. The molecule has 3 N–H and O–H groups in total. The molecule has 1 aromatic rings. The molecule has 1 aliphatic carbocycles. The number of nitrogens with one attached hydrogen (secondary N) is 3. The SMILES string of the molecule is CCNC(=NCCNS(=O)(=O)c1cccnc1)N1CCN(CC(=O)NC2CC2)CC1.I. The van der Waals surface area contributed by atoms with Crippen LogP contribution in [-0.2, 0) is 14.8 Å². The van der Waals surface area contributed by atoms with Crippen LogP contribution < -0.4 is 15.4 Å². The summed E-state index contributed by atoms with van der Waals surface area (Å²) in [5.41, 5.74) is 0. The number of pyridine rings is 1. The highest BCUT2D eigenvalue weighted by Crippen LogP contribution is 2.18. The standard InChI is InChI=1S/C19H31N7O3S.HI/c1-2-21-19(22-8-9-23-30(28,29)17-4-3-7-20-14-17)26-12-10-25(11-13-26)15-18(27)24-16-5-6-16;/h3-4,7,14,16,23H,2,5-6,8-13,15H2,1H3,(H,21,22)(H,24,27);1H. The van der Waals surface area contributed by atoms with Crippen molar-refractivity contribution in [3.05, 3.63) is 24.5 Å². The molecule has 10 nitrogen and oxygen atoms in total. The van der Waals surface area contributed by atoms with E-state index in [9.17, 15) is 13.2 Å². The van der Waals surface area contributed by atoms with Crippen LogP contribution in [0.1, 0.15) is 19.8 Å². The van der Waals surface area contributed by atoms with Crippen molar-refractivity contribution in [3.63, 3.8) is 0 Å². The third-order valence-electron chi connectivity index (χ3n) is 4.93. The van der Waals surface area contributed by atoms with Crippen LogP contribution in [0.2, 0.25) is 0 Å². The highest BCUT2D eigenvalue weighted by atomic mass is 127. The van der Waals surface area contributed by atoms with Gasteiger partial charge in [-0.2, -0.15) is 0 Å². The van der Waals surface area contributed by atoms with E-state index in [0.717, 1.165) is 51.5 Å². The number of piperazine rings is 1. The lowest BCUT2D eigenvalue weighted by atomic mass is 10.3. The van der Waals surface area contributed by atoms with Crippen molar-refractivity contribution in [2.75, 3.05) is 52.4 Å². The Hall–Kier alpha value is -1.51. The summed E-state index contributed by atoms with van der Waals surface area (Å²) in [5.74, 6) is 0.868. The topological polar surface area (TPSA) is 119 Å². The molecule has 0 atom stereocenters. The van der Waals surface area contributed by atoms with Crippen molar-refractivity contribution >= 4 is 45.9 Å². The molecular weight excluding hydrogens is 533 g/mol. The first kappa shape index (κ1) is 25.7. The molecule has 0 unspecified atom stereocenters. The number of carbonyl (C=O) groups is 1. The summed E-state index contributed by atoms with van der Waals surface area (Å²) >= 11 is 0. The van der Waals surface area contributed by atoms with E-state index in [4.69, 9.17) is 0 Å². The molecule has 1 saturated carbocycles. The summed E-state index contributed by atoms with van der Waals surface area (Å²) in [6.45, 7) is 6.80. The lowest BCUT2D eigenvalue weighted by Crippen LogP contribution is -2.54. The number of halogens is 1. The van der Waals surface area contributed by atoms with Crippen LogP contribution in [0.15, 0.2) is 34.4 Å². The van der Waals surface area contributed by atoms with Crippen LogP contribution in [-0.4, -0.2) is 93.5 Å². The van der Waals surface area contributed by atoms with Gasteiger partial charge in [-0.3, -0.25) is 19.7 Å². The number of carbonyl (C=O) groups excluding carboxylic acids is 1. The van der Waals surface area contributed by atoms with Crippen LogP contribution in [0, 0.1) is 0 Å². The van der Waals surface area contributed by atoms with Gasteiger partial charge in [-0.15, -0.1) is 24.0 Å². The predicted octanol–water partition coefficient (Wildman–Crippen LogP) is -0.160. The summed E-state index contributed by atoms with van der Waals surface area (Å²) in [7, 11) is -3.58. The van der Waals surface area contributed by atoms with Gasteiger partial charge in [0.15, 0.2) is 5.96 Å². The maximum Gasteiger partial charge on any atom is 0.242 e. The Morgan fingerprint density at radius 1 is 1.26 bits per heavy atom. The summed E-state index contributed by atoms with van der Waals surface area (Å²) in [4.78, 5) is 24.8. The summed E-state index contributed by atoms with van der Waals surface area (Å²) in [6.07, 6.45) is 5.05. The van der Waals surface area contributed by atoms with Gasteiger partial charge in [0.25, 0.3) is 0 Å². The number of rotatable bonds is 9. The number of hydrogen-bond acceptors (Lipinski definition) is 6. The second kappa shape index (κ2) is 12.5. The van der Waals surface area contributed by atoms with Crippen molar-refractivity contribution in [2.24, 2.45) is 4.99 Å². The number of aromatic nitrogens is 1. The molecule has 0 spiro atoms. The quantitative estimate of drug-likeness (QED) is 0.165. The molecule has 2 fully saturated rings. The second-order valence-electron chi connectivity index (χ2n) is 7.43. The van der Waals surface area contributed by atoms with Gasteiger partial charge in [-0.05, 0) is 31.9 Å². The van der Waals surface area contributed by atoms with E-state index >= 15 is 0 Å². The van der Waals surface area contributed by atoms with Gasteiger partial charge in [-0.1, -0.05) is 0 Å². The number of nitrogens with zero attached hydrogens (tertiary/aromatic N) is 4. The Balaban J connectivity index is 0.00000341. The maximum atomic E-state index is 12.2. The molecule has 1 saturated heterocycles. The Bertz CT molecular complexity index is 826. The van der Waals surface area contributed by atoms with Crippen LogP contribution in [0.3, 0.4) is 0 Å². The van der Waals surface area contributed by atoms with Gasteiger partial charge in [0, 0.05) is 57.7 Å². The van der Waals surface area contributed by atoms with Gasteiger partial charge in [0.2, 0.25) is 15.9 Å². The molecule has 1 amide bonds. The largest absolute Gasteiger partial charge is 0.357 e. The first-order chi connectivity index (χ1) is 14.5. The van der Waals surface area contributed by atoms with E-state index in [1.165, 1.54) is 18.5 Å². The van der Waals surface area contributed by atoms with Crippen LogP contribution in [0.4, 0.5) is 0 Å². The molecule has 174 valence electrons. The highest BCUT2D eigenvalue weighted by Gasteiger charge is 2.26. The molecule has 1 aromatic heterocycles. The maximum absolute atomic E-state index is 12.2. The van der Waals surface area contributed by atoms with Crippen molar-refractivity contribution in [1.82, 2.24) is 30.1 Å².